The second-order valence-corrected chi connectivity index (χ2v) is 12.6. The van der Waals surface area contributed by atoms with Gasteiger partial charge in [0.25, 0.3) is 0 Å². The fourth-order valence-corrected chi connectivity index (χ4v) is 7.43. The van der Waals surface area contributed by atoms with Crippen molar-refractivity contribution in [3.05, 3.63) is 59.5 Å². The molecule has 0 spiro atoms. The van der Waals surface area contributed by atoms with Crippen molar-refractivity contribution in [3.63, 3.8) is 0 Å². The Hall–Kier alpha value is -2.33. The highest BCUT2D eigenvalue weighted by atomic mass is 32.2. The number of sulfonamides is 1. The molecule has 9 heteroatoms. The van der Waals surface area contributed by atoms with E-state index in [2.05, 4.69) is 42.9 Å². The summed E-state index contributed by atoms with van der Waals surface area (Å²) in [5.41, 5.74) is 3.97. The predicted molar refractivity (Wildman–Crippen MR) is 139 cm³/mol. The van der Waals surface area contributed by atoms with E-state index in [1.54, 1.807) is 16.4 Å². The van der Waals surface area contributed by atoms with Crippen LogP contribution in [0.2, 0.25) is 0 Å². The van der Waals surface area contributed by atoms with E-state index in [-0.39, 0.29) is 17.1 Å². The van der Waals surface area contributed by atoms with Crippen molar-refractivity contribution in [3.8, 4) is 5.69 Å². The van der Waals surface area contributed by atoms with Crippen LogP contribution in [-0.2, 0) is 14.8 Å². The Bertz CT molecular complexity index is 1320. The fourth-order valence-electron chi connectivity index (χ4n) is 5.54. The number of ether oxygens (including phenoxy) is 1. The van der Waals surface area contributed by atoms with Crippen LogP contribution in [0.4, 0.5) is 4.39 Å². The number of fused-ring (bicyclic) bond motifs is 1. The van der Waals surface area contributed by atoms with Gasteiger partial charge in [-0.3, -0.25) is 4.90 Å². The average molecular weight is 515 g/mol. The SMILES string of the molecule is Cc1cc2c(cnn2-c2ccc(F)cc2)cc1C1CN(S(=O)(=O)C2CCOCC2)CCN1CC(C)C. The van der Waals surface area contributed by atoms with Gasteiger partial charge >= 0.3 is 0 Å². The standard InChI is InChI=1S/C27H35FN4O3S/c1-19(2)17-30-10-11-31(36(33,34)24-8-12-35-13-9-24)18-27(30)25-15-21-16-29-32(26(21)14-20(25)3)23-6-4-22(28)5-7-23/h4-7,14-16,19,24,27H,8-13,17-18H2,1-3H3. The summed E-state index contributed by atoms with van der Waals surface area (Å²) in [5, 5.41) is 5.19. The number of benzene rings is 2. The number of aromatic nitrogens is 2. The van der Waals surface area contributed by atoms with E-state index >= 15 is 0 Å². The van der Waals surface area contributed by atoms with Crippen LogP contribution in [0.5, 0.6) is 0 Å². The van der Waals surface area contributed by atoms with Gasteiger partial charge in [0, 0.05) is 50.8 Å². The molecular formula is C27H35FN4O3S. The smallest absolute Gasteiger partial charge is 0.217 e. The Morgan fingerprint density at radius 3 is 2.53 bits per heavy atom. The molecule has 7 nitrogen and oxygen atoms in total. The Morgan fingerprint density at radius 2 is 1.83 bits per heavy atom. The minimum atomic E-state index is -3.39. The first kappa shape index (κ1) is 25.3. The summed E-state index contributed by atoms with van der Waals surface area (Å²) in [7, 11) is -3.39. The highest BCUT2D eigenvalue weighted by Crippen LogP contribution is 2.34. The lowest BCUT2D eigenvalue weighted by atomic mass is 9.96. The molecule has 2 fully saturated rings. The number of nitrogens with zero attached hydrogens (tertiary/aromatic N) is 4. The highest BCUT2D eigenvalue weighted by Gasteiger charge is 2.39. The molecule has 1 atom stereocenters. The molecule has 1 unspecified atom stereocenters. The van der Waals surface area contributed by atoms with Gasteiger partial charge in [-0.1, -0.05) is 13.8 Å². The summed E-state index contributed by atoms with van der Waals surface area (Å²) in [6.45, 7) is 10.1. The zero-order valence-corrected chi connectivity index (χ0v) is 22.0. The van der Waals surface area contributed by atoms with Crippen LogP contribution in [0.3, 0.4) is 0 Å². The van der Waals surface area contributed by atoms with Crippen LogP contribution >= 0.6 is 0 Å². The summed E-state index contributed by atoms with van der Waals surface area (Å²) < 4.78 is 49.5. The van der Waals surface area contributed by atoms with Crippen LogP contribution in [0.25, 0.3) is 16.6 Å². The van der Waals surface area contributed by atoms with Crippen LogP contribution in [0.15, 0.2) is 42.6 Å². The molecule has 0 saturated carbocycles. The molecule has 1 aromatic heterocycles. The molecule has 3 aromatic rings. The molecule has 0 radical (unpaired) electrons. The van der Waals surface area contributed by atoms with E-state index in [1.807, 2.05) is 10.9 Å². The molecule has 194 valence electrons. The van der Waals surface area contributed by atoms with Gasteiger partial charge in [0.1, 0.15) is 5.82 Å². The van der Waals surface area contributed by atoms with Crippen LogP contribution in [0.1, 0.15) is 43.9 Å². The predicted octanol–water partition coefficient (Wildman–Crippen LogP) is 4.30. The maximum atomic E-state index is 13.5. The summed E-state index contributed by atoms with van der Waals surface area (Å²) >= 11 is 0. The first-order valence-electron chi connectivity index (χ1n) is 12.8. The average Bonchev–Trinajstić information content (AvgIpc) is 3.27. The number of piperazine rings is 1. The molecule has 2 saturated heterocycles. The molecule has 5 rings (SSSR count). The zero-order valence-electron chi connectivity index (χ0n) is 21.2. The first-order chi connectivity index (χ1) is 17.2. The Labute approximate surface area is 212 Å². The van der Waals surface area contributed by atoms with Crippen molar-refractivity contribution in [1.29, 1.82) is 0 Å². The number of aryl methyl sites for hydroxylation is 1. The lowest BCUT2D eigenvalue weighted by Gasteiger charge is -2.43. The van der Waals surface area contributed by atoms with E-state index in [9.17, 15) is 12.8 Å². The highest BCUT2D eigenvalue weighted by molar-refractivity contribution is 7.89. The Balaban J connectivity index is 1.49. The van der Waals surface area contributed by atoms with Crippen molar-refractivity contribution >= 4 is 20.9 Å². The van der Waals surface area contributed by atoms with E-state index in [0.29, 0.717) is 51.6 Å². The van der Waals surface area contributed by atoms with Crippen molar-refractivity contribution in [2.45, 2.75) is 44.9 Å². The molecule has 0 bridgehead atoms. The molecule has 36 heavy (non-hydrogen) atoms. The third kappa shape index (κ3) is 4.94. The molecule has 0 amide bonds. The van der Waals surface area contributed by atoms with Gasteiger partial charge in [-0.15, -0.1) is 0 Å². The Kier molecular flexibility index (Phi) is 7.18. The normalized spacial score (nSPS) is 21.0. The zero-order chi connectivity index (χ0) is 25.4. The third-order valence-electron chi connectivity index (χ3n) is 7.39. The van der Waals surface area contributed by atoms with Crippen LogP contribution in [0, 0.1) is 18.7 Å². The molecule has 2 aliphatic heterocycles. The van der Waals surface area contributed by atoms with E-state index < -0.39 is 10.0 Å². The van der Waals surface area contributed by atoms with Gasteiger partial charge in [0.15, 0.2) is 0 Å². The van der Waals surface area contributed by atoms with Crippen molar-refractivity contribution < 1.29 is 17.5 Å². The van der Waals surface area contributed by atoms with Crippen LogP contribution in [-0.4, -0.2) is 72.0 Å². The maximum absolute atomic E-state index is 13.5. The largest absolute Gasteiger partial charge is 0.381 e. The molecule has 0 aliphatic carbocycles. The first-order valence-corrected chi connectivity index (χ1v) is 14.3. The fraction of sp³-hybridized carbons (Fsp3) is 0.519. The minimum Gasteiger partial charge on any atom is -0.381 e. The molecular weight excluding hydrogens is 479 g/mol. The molecule has 0 N–H and O–H groups in total. The van der Waals surface area contributed by atoms with E-state index in [1.165, 1.54) is 12.1 Å². The molecule has 2 aromatic carbocycles. The van der Waals surface area contributed by atoms with Gasteiger partial charge < -0.3 is 4.74 Å². The second kappa shape index (κ2) is 10.2. The maximum Gasteiger partial charge on any atom is 0.217 e. The number of hydrogen-bond donors (Lipinski definition) is 0. The van der Waals surface area contributed by atoms with E-state index in [4.69, 9.17) is 4.74 Å². The number of rotatable bonds is 6. The van der Waals surface area contributed by atoms with Crippen molar-refractivity contribution in [1.82, 2.24) is 19.0 Å². The molecule has 3 heterocycles. The van der Waals surface area contributed by atoms with Gasteiger partial charge in [-0.25, -0.2) is 17.5 Å². The molecule has 2 aliphatic rings. The summed E-state index contributed by atoms with van der Waals surface area (Å²) in [5.74, 6) is 0.188. The Morgan fingerprint density at radius 1 is 1.11 bits per heavy atom. The van der Waals surface area contributed by atoms with Crippen molar-refractivity contribution in [2.75, 3.05) is 39.4 Å². The number of hydrogen-bond acceptors (Lipinski definition) is 5. The topological polar surface area (TPSA) is 67.7 Å². The number of halogens is 1. The lowest BCUT2D eigenvalue weighted by molar-refractivity contribution is 0.0898. The quantitative estimate of drug-likeness (QED) is 0.491. The summed E-state index contributed by atoms with van der Waals surface area (Å²) in [6, 6.07) is 10.5. The van der Waals surface area contributed by atoms with Gasteiger partial charge in [0.05, 0.1) is 22.7 Å². The van der Waals surface area contributed by atoms with Crippen LogP contribution < -0.4 is 0 Å². The second-order valence-electron chi connectivity index (χ2n) is 10.4. The minimum absolute atomic E-state index is 0.0330. The van der Waals surface area contributed by atoms with Crippen molar-refractivity contribution in [2.24, 2.45) is 5.92 Å². The van der Waals surface area contributed by atoms with Gasteiger partial charge in [-0.2, -0.15) is 9.40 Å². The third-order valence-corrected chi connectivity index (χ3v) is 9.75. The van der Waals surface area contributed by atoms with Gasteiger partial charge in [0.2, 0.25) is 10.0 Å². The monoisotopic (exact) mass is 514 g/mol. The summed E-state index contributed by atoms with van der Waals surface area (Å²) in [4.78, 5) is 2.43. The summed E-state index contributed by atoms with van der Waals surface area (Å²) in [6.07, 6.45) is 2.95. The van der Waals surface area contributed by atoms with Gasteiger partial charge in [-0.05, 0) is 73.2 Å². The van der Waals surface area contributed by atoms with E-state index in [0.717, 1.165) is 34.3 Å². The lowest BCUT2D eigenvalue weighted by Crippen LogP contribution is -2.53.